The highest BCUT2D eigenvalue weighted by Gasteiger charge is 2.04. The number of rotatable bonds is 1. The lowest BCUT2D eigenvalue weighted by atomic mass is 10.4. The minimum Gasteiger partial charge on any atom is -0.382 e. The molecule has 1 rings (SSSR count). The van der Waals surface area contributed by atoms with Gasteiger partial charge in [0.05, 0.1) is 0 Å². The molecule has 4 N–H and O–H groups in total. The SMILES string of the molecule is CS(C)=O.Nc1ncnc(N)c1N=O. The Morgan fingerprint density at radius 2 is 1.64 bits per heavy atom. The third-order valence-electron chi connectivity index (χ3n) is 0.970. The van der Waals surface area contributed by atoms with Gasteiger partial charge in [-0.05, 0) is 5.18 Å². The number of nitrogens with zero attached hydrogens (tertiary/aromatic N) is 3. The summed E-state index contributed by atoms with van der Waals surface area (Å²) in [4.78, 5) is 17.0. The van der Waals surface area contributed by atoms with E-state index in [1.807, 2.05) is 0 Å². The first-order valence-corrected chi connectivity index (χ1v) is 5.40. The van der Waals surface area contributed by atoms with Crippen molar-refractivity contribution in [2.45, 2.75) is 0 Å². The van der Waals surface area contributed by atoms with Crippen LogP contribution in [0.25, 0.3) is 0 Å². The van der Waals surface area contributed by atoms with Crippen LogP contribution in [-0.2, 0) is 10.8 Å². The van der Waals surface area contributed by atoms with Crippen LogP contribution in [0.2, 0.25) is 0 Å². The first-order valence-electron chi connectivity index (χ1n) is 3.43. The van der Waals surface area contributed by atoms with Crippen LogP contribution in [0.5, 0.6) is 0 Å². The van der Waals surface area contributed by atoms with E-state index in [1.165, 1.54) is 6.33 Å². The fourth-order valence-electron chi connectivity index (χ4n) is 0.500. The van der Waals surface area contributed by atoms with E-state index in [-0.39, 0.29) is 17.3 Å². The molecule has 78 valence electrons. The average molecular weight is 217 g/mol. The second-order valence-electron chi connectivity index (χ2n) is 2.33. The molecule has 14 heavy (non-hydrogen) atoms. The van der Waals surface area contributed by atoms with Crippen molar-refractivity contribution in [3.63, 3.8) is 0 Å². The number of hydrogen-bond donors (Lipinski definition) is 2. The van der Waals surface area contributed by atoms with Crippen molar-refractivity contribution in [1.29, 1.82) is 0 Å². The largest absolute Gasteiger partial charge is 0.382 e. The molecule has 0 spiro atoms. The number of aromatic nitrogens is 2. The van der Waals surface area contributed by atoms with E-state index in [0.717, 1.165) is 0 Å². The lowest BCUT2D eigenvalue weighted by Gasteiger charge is -1.95. The third kappa shape index (κ3) is 4.45. The summed E-state index contributed by atoms with van der Waals surface area (Å²) in [7, 11) is -0.611. The molecule has 0 saturated heterocycles. The first kappa shape index (κ1) is 12.4. The summed E-state index contributed by atoms with van der Waals surface area (Å²) >= 11 is 0. The lowest BCUT2D eigenvalue weighted by molar-refractivity contribution is 0.690. The van der Waals surface area contributed by atoms with E-state index in [9.17, 15) is 9.12 Å². The van der Waals surface area contributed by atoms with E-state index in [4.69, 9.17) is 11.5 Å². The van der Waals surface area contributed by atoms with Crippen molar-refractivity contribution in [1.82, 2.24) is 9.97 Å². The van der Waals surface area contributed by atoms with E-state index >= 15 is 0 Å². The summed E-state index contributed by atoms with van der Waals surface area (Å²) in [6, 6.07) is 0. The van der Waals surface area contributed by atoms with Crippen molar-refractivity contribution in [3.05, 3.63) is 11.2 Å². The van der Waals surface area contributed by atoms with Crippen LogP contribution < -0.4 is 11.5 Å². The van der Waals surface area contributed by atoms with E-state index in [2.05, 4.69) is 15.1 Å². The zero-order valence-electron chi connectivity index (χ0n) is 7.80. The molecule has 1 heterocycles. The molecule has 7 nitrogen and oxygen atoms in total. The minimum absolute atomic E-state index is 0.00231. The Morgan fingerprint density at radius 1 is 1.29 bits per heavy atom. The topological polar surface area (TPSA) is 124 Å². The summed E-state index contributed by atoms with van der Waals surface area (Å²) in [6.07, 6.45) is 4.44. The Kier molecular flexibility index (Phi) is 5.30. The molecule has 0 atom stereocenters. The molecule has 0 aromatic carbocycles. The van der Waals surface area contributed by atoms with E-state index in [1.54, 1.807) is 12.5 Å². The Bertz CT molecular complexity index is 319. The molecule has 0 radical (unpaired) electrons. The van der Waals surface area contributed by atoms with Gasteiger partial charge >= 0.3 is 0 Å². The Balaban J connectivity index is 0.000000364. The minimum atomic E-state index is -0.611. The summed E-state index contributed by atoms with van der Waals surface area (Å²) in [5.74, 6) is 0.00463. The van der Waals surface area contributed by atoms with Crippen LogP contribution >= 0.6 is 0 Å². The van der Waals surface area contributed by atoms with Gasteiger partial charge in [0.1, 0.15) is 6.33 Å². The lowest BCUT2D eigenvalue weighted by Crippen LogP contribution is -1.96. The Labute approximate surface area is 83.4 Å². The zero-order chi connectivity index (χ0) is 11.1. The fraction of sp³-hybridized carbons (Fsp3) is 0.333. The van der Waals surface area contributed by atoms with E-state index < -0.39 is 10.8 Å². The number of hydrogen-bond acceptors (Lipinski definition) is 7. The standard InChI is InChI=1S/C4H5N5O.C2H6OS/c5-3-2(9-10)4(6)8-1-7-3;1-4(2)3/h1H,(H4,5,6,7,8);1-2H3. The number of nitrogen functional groups attached to an aromatic ring is 2. The quantitative estimate of drug-likeness (QED) is 0.639. The summed E-state index contributed by atoms with van der Waals surface area (Å²) in [5.41, 5.74) is 10.3. The average Bonchev–Trinajstić information content (AvgIpc) is 2.03. The van der Waals surface area contributed by atoms with Crippen LogP contribution in [0.15, 0.2) is 11.5 Å². The summed E-state index contributed by atoms with van der Waals surface area (Å²) in [6.45, 7) is 0. The number of nitrogens with two attached hydrogens (primary N) is 2. The van der Waals surface area contributed by atoms with E-state index in [0.29, 0.717) is 0 Å². The Hall–Kier alpha value is -1.57. The molecular formula is C6H11N5O2S. The number of nitroso groups, excluding NO2 is 1. The van der Waals surface area contributed by atoms with Gasteiger partial charge in [0.2, 0.25) is 0 Å². The highest BCUT2D eigenvalue weighted by Crippen LogP contribution is 2.23. The third-order valence-corrected chi connectivity index (χ3v) is 0.970. The molecule has 0 bridgehead atoms. The van der Waals surface area contributed by atoms with Gasteiger partial charge in [0, 0.05) is 23.3 Å². The van der Waals surface area contributed by atoms with Gasteiger partial charge < -0.3 is 11.5 Å². The van der Waals surface area contributed by atoms with Gasteiger partial charge in [0.25, 0.3) is 0 Å². The normalized spacial score (nSPS) is 9.07. The predicted molar refractivity (Wildman–Crippen MR) is 56.3 cm³/mol. The van der Waals surface area contributed by atoms with Crippen molar-refractivity contribution in [3.8, 4) is 0 Å². The molecule has 0 amide bonds. The maximum absolute atomic E-state index is 9.96. The van der Waals surface area contributed by atoms with Crippen molar-refractivity contribution in [2.75, 3.05) is 24.0 Å². The molecule has 0 fully saturated rings. The molecule has 0 unspecified atom stereocenters. The smallest absolute Gasteiger partial charge is 0.191 e. The molecule has 0 aliphatic heterocycles. The molecule has 0 saturated carbocycles. The molecule has 1 aromatic heterocycles. The van der Waals surface area contributed by atoms with Crippen LogP contribution in [0, 0.1) is 4.91 Å². The van der Waals surface area contributed by atoms with Crippen molar-refractivity contribution < 1.29 is 4.21 Å². The van der Waals surface area contributed by atoms with Crippen LogP contribution in [0.3, 0.4) is 0 Å². The highest BCUT2D eigenvalue weighted by atomic mass is 32.2. The number of anilines is 2. The molecular weight excluding hydrogens is 206 g/mol. The van der Waals surface area contributed by atoms with Crippen molar-refractivity contribution in [2.24, 2.45) is 5.18 Å². The molecule has 8 heteroatoms. The van der Waals surface area contributed by atoms with Crippen LogP contribution in [0.4, 0.5) is 17.3 Å². The zero-order valence-corrected chi connectivity index (χ0v) is 8.61. The molecule has 0 aliphatic carbocycles. The van der Waals surface area contributed by atoms with Gasteiger partial charge in [-0.3, -0.25) is 4.21 Å². The van der Waals surface area contributed by atoms with Gasteiger partial charge in [0.15, 0.2) is 17.3 Å². The second kappa shape index (κ2) is 5.97. The van der Waals surface area contributed by atoms with Gasteiger partial charge in [-0.15, -0.1) is 4.91 Å². The van der Waals surface area contributed by atoms with Crippen molar-refractivity contribution >= 4 is 28.1 Å². The monoisotopic (exact) mass is 217 g/mol. The Morgan fingerprint density at radius 3 is 1.86 bits per heavy atom. The van der Waals surface area contributed by atoms with Crippen LogP contribution in [-0.4, -0.2) is 26.7 Å². The maximum atomic E-state index is 9.96. The maximum Gasteiger partial charge on any atom is 0.191 e. The second-order valence-corrected chi connectivity index (χ2v) is 3.81. The summed E-state index contributed by atoms with van der Waals surface area (Å²) < 4.78 is 9.56. The first-order chi connectivity index (χ1) is 6.49. The predicted octanol–water partition coefficient (Wildman–Crippen LogP) is 0.0336. The molecule has 1 aromatic rings. The highest BCUT2D eigenvalue weighted by molar-refractivity contribution is 7.83. The van der Waals surface area contributed by atoms with Gasteiger partial charge in [-0.2, -0.15) is 0 Å². The fourth-order valence-corrected chi connectivity index (χ4v) is 0.500. The van der Waals surface area contributed by atoms with Crippen LogP contribution in [0.1, 0.15) is 0 Å². The van der Waals surface area contributed by atoms with Gasteiger partial charge in [-0.25, -0.2) is 9.97 Å². The van der Waals surface area contributed by atoms with Gasteiger partial charge in [-0.1, -0.05) is 0 Å². The molecule has 0 aliphatic rings. The summed E-state index contributed by atoms with van der Waals surface area (Å²) in [5, 5.41) is 2.54.